The van der Waals surface area contributed by atoms with E-state index >= 15 is 0 Å². The number of benzene rings is 1. The van der Waals surface area contributed by atoms with Gasteiger partial charge in [0, 0.05) is 18.7 Å². The number of rotatable bonds is 6. The first kappa shape index (κ1) is 15.7. The maximum atomic E-state index is 12.0. The molecule has 0 saturated heterocycles. The Morgan fingerprint density at radius 3 is 2.74 bits per heavy atom. The second-order valence-electron chi connectivity index (χ2n) is 3.78. The molecule has 0 bridgehead atoms. The maximum absolute atomic E-state index is 12.0. The van der Waals surface area contributed by atoms with Gasteiger partial charge in [-0.2, -0.15) is 0 Å². The van der Waals surface area contributed by atoms with Crippen molar-refractivity contribution in [3.63, 3.8) is 0 Å². The molecule has 19 heavy (non-hydrogen) atoms. The molecule has 0 heterocycles. The summed E-state index contributed by atoms with van der Waals surface area (Å²) in [6.07, 6.45) is 0. The van der Waals surface area contributed by atoms with Crippen LogP contribution in [-0.4, -0.2) is 40.3 Å². The summed E-state index contributed by atoms with van der Waals surface area (Å²) in [4.78, 5) is 11.4. The molecule has 0 saturated carbocycles. The number of halogens is 1. The van der Waals surface area contributed by atoms with Gasteiger partial charge in [0.2, 0.25) is 5.91 Å². The average molecular weight is 307 g/mol. The Bertz CT molecular complexity index is 560. The third-order valence-electron chi connectivity index (χ3n) is 2.26. The zero-order valence-electron chi connectivity index (χ0n) is 10.3. The quantitative estimate of drug-likeness (QED) is 0.587. The number of anilines is 1. The van der Waals surface area contributed by atoms with Crippen LogP contribution in [0.25, 0.3) is 0 Å². The van der Waals surface area contributed by atoms with Crippen LogP contribution in [0.4, 0.5) is 5.69 Å². The van der Waals surface area contributed by atoms with Gasteiger partial charge in [-0.1, -0.05) is 11.6 Å². The van der Waals surface area contributed by atoms with E-state index in [0.29, 0.717) is 11.6 Å². The summed E-state index contributed by atoms with van der Waals surface area (Å²) < 4.78 is 28.7. The lowest BCUT2D eigenvalue weighted by molar-refractivity contribution is -0.118. The second-order valence-corrected chi connectivity index (χ2v) is 6.18. The highest BCUT2D eigenvalue weighted by Gasteiger charge is 2.21. The lowest BCUT2D eigenvalue weighted by Gasteiger charge is -2.08. The second kappa shape index (κ2) is 6.74. The van der Waals surface area contributed by atoms with Crippen LogP contribution in [0.5, 0.6) is 0 Å². The van der Waals surface area contributed by atoms with E-state index in [2.05, 4.69) is 5.32 Å². The number of amides is 1. The van der Waals surface area contributed by atoms with Gasteiger partial charge in [0.25, 0.3) is 0 Å². The summed E-state index contributed by atoms with van der Waals surface area (Å²) in [5, 5.41) is 2.76. The van der Waals surface area contributed by atoms with Crippen LogP contribution in [0.3, 0.4) is 0 Å². The summed E-state index contributed by atoms with van der Waals surface area (Å²) >= 11 is 5.69. The Balaban J connectivity index is 2.78. The van der Waals surface area contributed by atoms with Gasteiger partial charge in [-0.15, -0.1) is 0 Å². The number of methoxy groups -OCH3 is 1. The van der Waals surface area contributed by atoms with Crippen LogP contribution in [0, 0.1) is 0 Å². The van der Waals surface area contributed by atoms with Gasteiger partial charge in [0.1, 0.15) is 5.75 Å². The molecule has 0 aliphatic heterocycles. The summed E-state index contributed by atoms with van der Waals surface area (Å²) in [7, 11) is -2.30. The third-order valence-corrected chi connectivity index (χ3v) is 4.18. The standard InChI is InChI=1S/C11H15ClN2O4S/c1-18-5-4-14-11(15)7-19(16,17)10-3-2-8(12)6-9(10)13/h2-3,6H,4-5,7,13H2,1H3,(H,14,15). The van der Waals surface area contributed by atoms with E-state index in [4.69, 9.17) is 22.1 Å². The molecule has 1 rings (SSSR count). The zero-order chi connectivity index (χ0) is 14.5. The summed E-state index contributed by atoms with van der Waals surface area (Å²) in [6.45, 7) is 0.565. The van der Waals surface area contributed by atoms with E-state index < -0.39 is 21.5 Å². The van der Waals surface area contributed by atoms with Gasteiger partial charge in [0.05, 0.1) is 17.2 Å². The van der Waals surface area contributed by atoms with Crippen LogP contribution in [0.15, 0.2) is 23.1 Å². The minimum absolute atomic E-state index is 0.0252. The van der Waals surface area contributed by atoms with Crippen molar-refractivity contribution in [3.8, 4) is 0 Å². The predicted molar refractivity (Wildman–Crippen MR) is 72.8 cm³/mol. The molecule has 0 atom stereocenters. The van der Waals surface area contributed by atoms with Crippen molar-refractivity contribution in [3.05, 3.63) is 23.2 Å². The molecule has 1 amide bonds. The monoisotopic (exact) mass is 306 g/mol. The minimum atomic E-state index is -3.78. The van der Waals surface area contributed by atoms with Crippen molar-refractivity contribution in [1.29, 1.82) is 0 Å². The van der Waals surface area contributed by atoms with Crippen molar-refractivity contribution < 1.29 is 17.9 Å². The minimum Gasteiger partial charge on any atom is -0.398 e. The van der Waals surface area contributed by atoms with Crippen molar-refractivity contribution in [2.75, 3.05) is 31.7 Å². The summed E-state index contributed by atoms with van der Waals surface area (Å²) in [5.41, 5.74) is 5.61. The molecule has 0 spiro atoms. The van der Waals surface area contributed by atoms with Crippen LogP contribution in [0.1, 0.15) is 0 Å². The number of nitrogens with two attached hydrogens (primary N) is 1. The van der Waals surface area contributed by atoms with Crippen molar-refractivity contribution >= 4 is 33.0 Å². The van der Waals surface area contributed by atoms with Gasteiger partial charge < -0.3 is 15.8 Å². The molecule has 0 aromatic heterocycles. The Labute approximate surface area is 116 Å². The zero-order valence-corrected chi connectivity index (χ0v) is 11.9. The van der Waals surface area contributed by atoms with Crippen LogP contribution >= 0.6 is 11.6 Å². The molecule has 106 valence electrons. The summed E-state index contributed by atoms with van der Waals surface area (Å²) in [6, 6.07) is 4.03. The normalized spacial score (nSPS) is 11.3. The Morgan fingerprint density at radius 2 is 2.16 bits per heavy atom. The van der Waals surface area contributed by atoms with Gasteiger partial charge in [-0.05, 0) is 18.2 Å². The highest BCUT2D eigenvalue weighted by molar-refractivity contribution is 7.92. The molecule has 0 radical (unpaired) electrons. The molecular formula is C11H15ClN2O4S. The van der Waals surface area contributed by atoms with Crippen molar-refractivity contribution in [2.24, 2.45) is 0 Å². The van der Waals surface area contributed by atoms with Gasteiger partial charge >= 0.3 is 0 Å². The van der Waals surface area contributed by atoms with E-state index in [9.17, 15) is 13.2 Å². The van der Waals surface area contributed by atoms with Crippen molar-refractivity contribution in [1.82, 2.24) is 5.32 Å². The molecule has 0 fully saturated rings. The number of nitrogens with one attached hydrogen (secondary N) is 1. The molecular weight excluding hydrogens is 292 g/mol. The first-order valence-corrected chi connectivity index (χ1v) is 7.43. The number of carbonyl (C=O) groups excluding carboxylic acids is 1. The van der Waals surface area contributed by atoms with E-state index in [1.165, 1.54) is 25.3 Å². The molecule has 3 N–H and O–H groups in total. The first-order valence-electron chi connectivity index (χ1n) is 5.40. The summed E-state index contributed by atoms with van der Waals surface area (Å²) in [5.74, 6) is -1.27. The molecule has 0 aliphatic carbocycles. The van der Waals surface area contributed by atoms with Gasteiger partial charge in [-0.3, -0.25) is 4.79 Å². The topological polar surface area (TPSA) is 98.5 Å². The maximum Gasteiger partial charge on any atom is 0.235 e. The SMILES string of the molecule is COCCNC(=O)CS(=O)(=O)c1ccc(Cl)cc1N. The Hall–Kier alpha value is -1.31. The number of hydrogen-bond acceptors (Lipinski definition) is 5. The van der Waals surface area contributed by atoms with Crippen molar-refractivity contribution in [2.45, 2.75) is 4.90 Å². The fourth-order valence-corrected chi connectivity index (χ4v) is 2.87. The molecule has 0 unspecified atom stereocenters. The highest BCUT2D eigenvalue weighted by Crippen LogP contribution is 2.23. The number of hydrogen-bond donors (Lipinski definition) is 2. The predicted octanol–water partition coefficient (Wildman–Crippen LogP) is 0.459. The Kier molecular flexibility index (Phi) is 5.59. The lowest BCUT2D eigenvalue weighted by Crippen LogP contribution is -2.32. The largest absolute Gasteiger partial charge is 0.398 e. The van der Waals surface area contributed by atoms with E-state index in [1.54, 1.807) is 0 Å². The van der Waals surface area contributed by atoms with Crippen LogP contribution < -0.4 is 11.1 Å². The third kappa shape index (κ3) is 4.70. The lowest BCUT2D eigenvalue weighted by atomic mass is 10.3. The molecule has 6 nitrogen and oxygen atoms in total. The van der Waals surface area contributed by atoms with E-state index in [1.807, 2.05) is 0 Å². The van der Waals surface area contributed by atoms with Crippen LogP contribution in [-0.2, 0) is 19.4 Å². The first-order chi connectivity index (χ1) is 8.86. The fourth-order valence-electron chi connectivity index (χ4n) is 1.40. The smallest absolute Gasteiger partial charge is 0.235 e. The molecule has 1 aromatic carbocycles. The van der Waals surface area contributed by atoms with Gasteiger partial charge in [0.15, 0.2) is 9.84 Å². The number of carbonyl (C=O) groups is 1. The fraction of sp³-hybridized carbons (Fsp3) is 0.364. The van der Waals surface area contributed by atoms with Crippen LogP contribution in [0.2, 0.25) is 5.02 Å². The molecule has 8 heteroatoms. The molecule has 1 aromatic rings. The van der Waals surface area contributed by atoms with E-state index in [0.717, 1.165) is 0 Å². The average Bonchev–Trinajstić information content (AvgIpc) is 2.27. The Morgan fingerprint density at radius 1 is 1.47 bits per heavy atom. The van der Waals surface area contributed by atoms with E-state index in [-0.39, 0.29) is 17.1 Å². The van der Waals surface area contributed by atoms with Gasteiger partial charge in [-0.25, -0.2) is 8.42 Å². The number of nitrogen functional groups attached to an aromatic ring is 1. The number of sulfone groups is 1. The highest BCUT2D eigenvalue weighted by atomic mass is 35.5. The number of ether oxygens (including phenoxy) is 1. The molecule has 0 aliphatic rings.